The van der Waals surface area contributed by atoms with Crippen molar-refractivity contribution in [2.75, 3.05) is 13.2 Å². The molecule has 0 bridgehead atoms. The van der Waals surface area contributed by atoms with Crippen molar-refractivity contribution in [1.29, 1.82) is 5.26 Å². The molecule has 7 rings (SSSR count). The first-order valence-corrected chi connectivity index (χ1v) is 24.1. The highest BCUT2D eigenvalue weighted by molar-refractivity contribution is 7.44. The van der Waals surface area contributed by atoms with Crippen LogP contribution in [0.2, 0.25) is 0 Å². The third-order valence-electron chi connectivity index (χ3n) is 10.5. The van der Waals surface area contributed by atoms with Gasteiger partial charge in [-0.2, -0.15) is 5.26 Å². The third-order valence-corrected chi connectivity index (χ3v) is 12.4. The Labute approximate surface area is 402 Å². The molecule has 1 atom stereocenters. The molecule has 0 N–H and O–H groups in total. The van der Waals surface area contributed by atoms with E-state index in [9.17, 15) is 5.26 Å². The van der Waals surface area contributed by atoms with Crippen LogP contribution in [0.1, 0.15) is 66.1 Å². The van der Waals surface area contributed by atoms with Gasteiger partial charge in [-0.05, 0) is 89.2 Å². The Morgan fingerprint density at radius 2 is 0.706 bits per heavy atom. The molecule has 0 fully saturated rings. The molecule has 0 aliphatic carbocycles. The van der Waals surface area contributed by atoms with Crippen molar-refractivity contribution >= 4 is 8.53 Å². The maximum Gasteiger partial charge on any atom is 0.259 e. The first-order valence-electron chi connectivity index (χ1n) is 22.9. The average molecular weight is 931 g/mol. The van der Waals surface area contributed by atoms with Crippen LogP contribution in [0.5, 0.6) is 34.5 Å². The molecule has 7 aromatic rings. The lowest BCUT2D eigenvalue weighted by Crippen LogP contribution is -2.27. The Bertz CT molecular complexity index is 2330. The van der Waals surface area contributed by atoms with Crippen LogP contribution < -0.4 is 28.4 Å². The summed E-state index contributed by atoms with van der Waals surface area (Å²) in [4.78, 5) is 0. The lowest BCUT2D eigenvalue weighted by molar-refractivity contribution is 0.189. The second kappa shape index (κ2) is 26.5. The fourth-order valence-corrected chi connectivity index (χ4v) is 8.58. The van der Waals surface area contributed by atoms with Crippen molar-refractivity contribution in [3.8, 4) is 40.6 Å². The predicted molar refractivity (Wildman–Crippen MR) is 266 cm³/mol. The molecular weight excluding hydrogens is 872 g/mol. The molecule has 0 saturated heterocycles. The van der Waals surface area contributed by atoms with Crippen LogP contribution in [0.4, 0.5) is 0 Å². The fourth-order valence-electron chi connectivity index (χ4n) is 7.09. The minimum atomic E-state index is -1.46. The van der Waals surface area contributed by atoms with E-state index in [2.05, 4.69) is 31.5 Å². The van der Waals surface area contributed by atoms with Gasteiger partial charge in [0.1, 0.15) is 74.1 Å². The average Bonchev–Trinajstić information content (AvgIpc) is 3.38. The second-order valence-electron chi connectivity index (χ2n) is 16.2. The minimum absolute atomic E-state index is 0.171. The maximum absolute atomic E-state index is 9.24. The van der Waals surface area contributed by atoms with Crippen LogP contribution >= 0.6 is 8.53 Å². The lowest BCUT2D eigenvalue weighted by Gasteiger charge is -2.31. The van der Waals surface area contributed by atoms with Crippen molar-refractivity contribution in [3.63, 3.8) is 0 Å². The Morgan fingerprint density at radius 1 is 0.412 bits per heavy atom. The summed E-state index contributed by atoms with van der Waals surface area (Å²) in [5.74, 6) is 3.84. The summed E-state index contributed by atoms with van der Waals surface area (Å²) in [5.41, 5.74) is 6.79. The summed E-state index contributed by atoms with van der Waals surface area (Å²) in [6, 6.07) is 60.1. The normalized spacial score (nSPS) is 11.5. The molecule has 0 aliphatic rings. The monoisotopic (exact) mass is 930 g/mol. The predicted octanol–water partition coefficient (Wildman–Crippen LogP) is 13.6. The van der Waals surface area contributed by atoms with Gasteiger partial charge in [-0.1, -0.05) is 128 Å². The molecular formula is C57H59N2O8P. The van der Waals surface area contributed by atoms with Crippen LogP contribution in [0, 0.1) is 11.3 Å². The van der Waals surface area contributed by atoms with Crippen LogP contribution in [0.15, 0.2) is 176 Å². The van der Waals surface area contributed by atoms with Gasteiger partial charge in [0, 0.05) is 30.8 Å². The van der Waals surface area contributed by atoms with Gasteiger partial charge < -0.3 is 37.5 Å². The summed E-state index contributed by atoms with van der Waals surface area (Å²) in [7, 11) is -1.46. The Morgan fingerprint density at radius 3 is 0.985 bits per heavy atom. The number of rotatable bonds is 27. The van der Waals surface area contributed by atoms with Crippen molar-refractivity contribution in [2.45, 2.75) is 79.5 Å². The van der Waals surface area contributed by atoms with Gasteiger partial charge in [0.05, 0.1) is 25.7 Å². The Hall–Kier alpha value is -6.86. The zero-order valence-electron chi connectivity index (χ0n) is 39.0. The van der Waals surface area contributed by atoms with E-state index in [4.69, 9.17) is 37.5 Å². The van der Waals surface area contributed by atoms with Gasteiger partial charge in [0.25, 0.3) is 8.53 Å². The topological polar surface area (TPSA) is 101 Å². The SMILES string of the molecule is CCN(C(C)C)P(OCCC#N)OCc1cc(OCc2cc(OCc3ccccc3)cc(OCc3ccccc3)c2)cc(OCc2cc(OCc3ccccc3)cc(OCc3ccccc3)c2)c1. The van der Waals surface area contributed by atoms with E-state index in [1.165, 1.54) is 0 Å². The molecule has 10 nitrogen and oxygen atoms in total. The van der Waals surface area contributed by atoms with Gasteiger partial charge >= 0.3 is 0 Å². The third kappa shape index (κ3) is 16.2. The molecule has 11 heteroatoms. The standard InChI is InChI=1S/C57H59N2O8P/c1-4-59(44(2)3)68(66-27-17-26-58)67-43-51-32-56(64-41-49-28-52(60-37-45-18-9-5-10-19-45)34-53(29-49)61-38-46-20-11-6-12-21-46)36-57(33-51)65-42-50-30-54(62-39-47-22-13-7-14-23-47)35-55(31-50)63-40-48-24-15-8-16-25-48/h5-16,18-25,28-36,44H,4,17,27,37-43H2,1-3H3. The molecule has 1 unspecified atom stereocenters. The van der Waals surface area contributed by atoms with E-state index in [0.717, 1.165) is 45.5 Å². The second-order valence-corrected chi connectivity index (χ2v) is 17.7. The van der Waals surface area contributed by atoms with Crippen LogP contribution in [-0.4, -0.2) is 23.9 Å². The van der Waals surface area contributed by atoms with E-state index in [1.54, 1.807) is 0 Å². The number of ether oxygens (including phenoxy) is 6. The number of hydrogen-bond acceptors (Lipinski definition) is 10. The zero-order chi connectivity index (χ0) is 47.2. The summed E-state index contributed by atoms with van der Waals surface area (Å²) in [5, 5.41) is 9.24. The molecule has 7 aromatic carbocycles. The summed E-state index contributed by atoms with van der Waals surface area (Å²) >= 11 is 0. The first-order chi connectivity index (χ1) is 33.4. The van der Waals surface area contributed by atoms with Gasteiger partial charge in [-0.25, -0.2) is 4.67 Å². The first kappa shape index (κ1) is 49.1. The summed E-state index contributed by atoms with van der Waals surface area (Å²) < 4.78 is 53.2. The summed E-state index contributed by atoms with van der Waals surface area (Å²) in [6.45, 7) is 9.58. The van der Waals surface area contributed by atoms with Crippen molar-refractivity contribution < 1.29 is 37.5 Å². The van der Waals surface area contributed by atoms with Crippen LogP contribution in [0.3, 0.4) is 0 Å². The van der Waals surface area contributed by atoms with Crippen LogP contribution in [0.25, 0.3) is 0 Å². The maximum atomic E-state index is 9.24. The van der Waals surface area contributed by atoms with E-state index in [0.29, 0.717) is 60.9 Å². The Kier molecular flexibility index (Phi) is 19.1. The minimum Gasteiger partial charge on any atom is -0.489 e. The number of nitrogens with zero attached hydrogens (tertiary/aromatic N) is 2. The van der Waals surface area contributed by atoms with Crippen molar-refractivity contribution in [2.24, 2.45) is 0 Å². The highest BCUT2D eigenvalue weighted by Gasteiger charge is 2.23. The molecule has 0 amide bonds. The molecule has 0 aliphatic heterocycles. The smallest absolute Gasteiger partial charge is 0.259 e. The molecule has 0 spiro atoms. The van der Waals surface area contributed by atoms with Crippen LogP contribution in [-0.2, 0) is 55.3 Å². The molecule has 0 saturated carbocycles. The summed E-state index contributed by atoms with van der Waals surface area (Å²) in [6.07, 6.45) is 0.272. The molecule has 0 radical (unpaired) electrons. The van der Waals surface area contributed by atoms with E-state index < -0.39 is 8.53 Å². The van der Waals surface area contributed by atoms with Gasteiger partial charge in [0.15, 0.2) is 0 Å². The zero-order valence-corrected chi connectivity index (χ0v) is 39.9. The van der Waals surface area contributed by atoms with E-state index in [-0.39, 0.29) is 38.9 Å². The van der Waals surface area contributed by atoms with Crippen molar-refractivity contribution in [3.05, 3.63) is 215 Å². The molecule has 350 valence electrons. The van der Waals surface area contributed by atoms with Gasteiger partial charge in [-0.15, -0.1) is 0 Å². The molecule has 68 heavy (non-hydrogen) atoms. The Balaban J connectivity index is 1.13. The number of hydrogen-bond donors (Lipinski definition) is 0. The molecule has 0 heterocycles. The van der Waals surface area contributed by atoms with E-state index >= 15 is 0 Å². The fraction of sp³-hybridized carbons (Fsp3) is 0.246. The van der Waals surface area contributed by atoms with E-state index in [1.807, 2.05) is 176 Å². The highest BCUT2D eigenvalue weighted by atomic mass is 31.2. The highest BCUT2D eigenvalue weighted by Crippen LogP contribution is 2.45. The largest absolute Gasteiger partial charge is 0.489 e. The molecule has 0 aromatic heterocycles. The number of benzene rings is 7. The lowest BCUT2D eigenvalue weighted by atomic mass is 10.2. The quantitative estimate of drug-likeness (QED) is 0.0366. The van der Waals surface area contributed by atoms with Gasteiger partial charge in [-0.3, -0.25) is 0 Å². The number of nitriles is 1. The van der Waals surface area contributed by atoms with Crippen molar-refractivity contribution in [1.82, 2.24) is 4.67 Å². The van der Waals surface area contributed by atoms with Gasteiger partial charge in [0.2, 0.25) is 0 Å².